The number of methoxy groups -OCH3 is 1. The predicted molar refractivity (Wildman–Crippen MR) is 167 cm³/mol. The van der Waals surface area contributed by atoms with Crippen molar-refractivity contribution >= 4 is 50.8 Å². The fourth-order valence-corrected chi connectivity index (χ4v) is 7.88. The molecule has 6 rings (SSSR count). The Morgan fingerprint density at radius 1 is 1.14 bits per heavy atom. The average Bonchev–Trinajstić information content (AvgIpc) is 3.31. The summed E-state index contributed by atoms with van der Waals surface area (Å²) in [5.41, 5.74) is 1.00. The minimum Gasteiger partial charge on any atom is -0.469 e. The lowest BCUT2D eigenvalue weighted by atomic mass is 9.90. The van der Waals surface area contributed by atoms with Crippen LogP contribution in [0.1, 0.15) is 56.9 Å². The SMILES string of the molecule is COC(=O)[C@]12CC(=O)[C@@H]3C[C@@H](Oc4nc5ccccc5s4)CN3C(=O)[C@@H](Cc3cccc(Cl)c3)CCCCC/C=C\[C@@H]1C2. The maximum absolute atomic E-state index is 14.4. The first-order valence-electron chi connectivity index (χ1n) is 15.2. The van der Waals surface area contributed by atoms with Gasteiger partial charge in [0, 0.05) is 23.8 Å². The first kappa shape index (κ1) is 29.8. The van der Waals surface area contributed by atoms with Crippen LogP contribution in [0, 0.1) is 17.3 Å². The first-order valence-corrected chi connectivity index (χ1v) is 16.4. The number of carbonyl (C=O) groups excluding carboxylic acids is 3. The monoisotopic (exact) mass is 620 g/mol. The number of Topliss-reactive ketones (excluding diaryl/α,β-unsaturated/α-hetero) is 1. The van der Waals surface area contributed by atoms with Crippen LogP contribution in [0.15, 0.2) is 60.7 Å². The highest BCUT2D eigenvalue weighted by Gasteiger charge is 2.61. The molecule has 1 amide bonds. The van der Waals surface area contributed by atoms with Crippen LogP contribution in [0.2, 0.25) is 5.02 Å². The van der Waals surface area contributed by atoms with E-state index in [9.17, 15) is 14.4 Å². The Hall–Kier alpha value is -3.23. The number of benzene rings is 2. The van der Waals surface area contributed by atoms with E-state index >= 15 is 0 Å². The van der Waals surface area contributed by atoms with Crippen LogP contribution in [0.4, 0.5) is 0 Å². The number of rotatable bonds is 5. The summed E-state index contributed by atoms with van der Waals surface area (Å²) in [6.07, 6.45) is 9.96. The Balaban J connectivity index is 1.29. The molecule has 1 saturated carbocycles. The maximum Gasteiger partial charge on any atom is 0.312 e. The number of allylic oxidation sites excluding steroid dienone is 2. The molecule has 2 aliphatic heterocycles. The lowest BCUT2D eigenvalue weighted by molar-refractivity contribution is -0.150. The number of ether oxygens (including phenoxy) is 2. The molecule has 1 aromatic heterocycles. The molecule has 9 heteroatoms. The van der Waals surface area contributed by atoms with E-state index in [1.54, 1.807) is 4.90 Å². The smallest absolute Gasteiger partial charge is 0.312 e. The fraction of sp³-hybridized carbons (Fsp3) is 0.471. The zero-order valence-electron chi connectivity index (χ0n) is 24.4. The van der Waals surface area contributed by atoms with Crippen molar-refractivity contribution in [3.63, 3.8) is 0 Å². The molecular formula is C34H37ClN2O5S. The lowest BCUT2D eigenvalue weighted by Crippen LogP contribution is -2.45. The van der Waals surface area contributed by atoms with Gasteiger partial charge in [0.05, 0.1) is 35.3 Å². The number of hydrogen-bond donors (Lipinski definition) is 0. The number of halogens is 1. The molecule has 7 nitrogen and oxygen atoms in total. The number of ketones is 1. The number of amides is 1. The van der Waals surface area contributed by atoms with Gasteiger partial charge in [-0.15, -0.1) is 0 Å². The highest BCUT2D eigenvalue weighted by Crippen LogP contribution is 2.57. The van der Waals surface area contributed by atoms with E-state index in [2.05, 4.69) is 17.1 Å². The van der Waals surface area contributed by atoms with Gasteiger partial charge in [0.15, 0.2) is 5.78 Å². The topological polar surface area (TPSA) is 85.8 Å². The summed E-state index contributed by atoms with van der Waals surface area (Å²) < 4.78 is 12.5. The second-order valence-corrected chi connectivity index (χ2v) is 13.6. The van der Waals surface area contributed by atoms with Gasteiger partial charge < -0.3 is 14.4 Å². The Morgan fingerprint density at radius 3 is 2.81 bits per heavy atom. The third-order valence-electron chi connectivity index (χ3n) is 9.19. The van der Waals surface area contributed by atoms with E-state index in [-0.39, 0.29) is 42.0 Å². The summed E-state index contributed by atoms with van der Waals surface area (Å²) in [5.74, 6) is -0.816. The van der Waals surface area contributed by atoms with Crippen LogP contribution in [0.5, 0.6) is 5.19 Å². The second-order valence-electron chi connectivity index (χ2n) is 12.1. The molecule has 43 heavy (non-hydrogen) atoms. The number of thiazole rings is 1. The summed E-state index contributed by atoms with van der Waals surface area (Å²) in [6, 6.07) is 14.8. The van der Waals surface area contributed by atoms with E-state index in [1.165, 1.54) is 18.4 Å². The van der Waals surface area contributed by atoms with Gasteiger partial charge in [0.25, 0.3) is 5.19 Å². The predicted octanol–water partition coefficient (Wildman–Crippen LogP) is 6.82. The molecule has 2 fully saturated rings. The molecular weight excluding hydrogens is 584 g/mol. The van der Waals surface area contributed by atoms with Gasteiger partial charge in [-0.1, -0.05) is 72.2 Å². The summed E-state index contributed by atoms with van der Waals surface area (Å²) >= 11 is 7.75. The summed E-state index contributed by atoms with van der Waals surface area (Å²) in [5, 5.41) is 1.17. The van der Waals surface area contributed by atoms with Crippen molar-refractivity contribution in [3.8, 4) is 5.19 Å². The zero-order chi connectivity index (χ0) is 30.0. The van der Waals surface area contributed by atoms with Gasteiger partial charge in [0.2, 0.25) is 5.91 Å². The first-order chi connectivity index (χ1) is 20.9. The molecule has 1 aliphatic carbocycles. The normalized spacial score (nSPS) is 28.8. The van der Waals surface area contributed by atoms with E-state index < -0.39 is 11.5 Å². The molecule has 3 aliphatic rings. The van der Waals surface area contributed by atoms with Crippen molar-refractivity contribution in [1.82, 2.24) is 9.88 Å². The zero-order valence-corrected chi connectivity index (χ0v) is 25.9. The van der Waals surface area contributed by atoms with Crippen molar-refractivity contribution in [2.75, 3.05) is 13.7 Å². The van der Waals surface area contributed by atoms with E-state index in [4.69, 9.17) is 21.1 Å². The fourth-order valence-electron chi connectivity index (χ4n) is 6.79. The summed E-state index contributed by atoms with van der Waals surface area (Å²) in [7, 11) is 1.38. The number of fused-ring (bicyclic) bond motifs is 3. The Labute approximate surface area is 261 Å². The molecule has 0 unspecified atom stereocenters. The van der Waals surface area contributed by atoms with Gasteiger partial charge in [-0.25, -0.2) is 4.98 Å². The molecule has 1 saturated heterocycles. The molecule has 226 valence electrons. The molecule has 0 N–H and O–H groups in total. The van der Waals surface area contributed by atoms with Gasteiger partial charge in [-0.05, 0) is 67.9 Å². The minimum atomic E-state index is -0.858. The van der Waals surface area contributed by atoms with Crippen molar-refractivity contribution in [3.05, 3.63) is 71.3 Å². The van der Waals surface area contributed by atoms with Crippen LogP contribution in [0.3, 0.4) is 0 Å². The molecule has 0 bridgehead atoms. The molecule has 0 spiro atoms. The molecule has 3 heterocycles. The molecule has 2 aromatic carbocycles. The number of nitrogens with zero attached hydrogens (tertiary/aromatic N) is 2. The summed E-state index contributed by atoms with van der Waals surface area (Å²) in [4.78, 5) is 47.8. The third-order valence-corrected chi connectivity index (χ3v) is 10.3. The maximum atomic E-state index is 14.4. The van der Waals surface area contributed by atoms with Crippen molar-refractivity contribution in [2.24, 2.45) is 17.3 Å². The minimum absolute atomic E-state index is 0.0232. The Kier molecular flexibility index (Phi) is 8.87. The Bertz CT molecular complexity index is 1500. The van der Waals surface area contributed by atoms with Crippen LogP contribution in [0.25, 0.3) is 10.2 Å². The van der Waals surface area contributed by atoms with E-state index in [1.807, 2.05) is 48.5 Å². The molecule has 3 aromatic rings. The number of esters is 1. The van der Waals surface area contributed by atoms with Crippen LogP contribution >= 0.6 is 22.9 Å². The van der Waals surface area contributed by atoms with Crippen LogP contribution in [-0.4, -0.2) is 53.3 Å². The van der Waals surface area contributed by atoms with Crippen LogP contribution < -0.4 is 4.74 Å². The van der Waals surface area contributed by atoms with Gasteiger partial charge in [-0.2, -0.15) is 0 Å². The van der Waals surface area contributed by atoms with Gasteiger partial charge >= 0.3 is 5.97 Å². The van der Waals surface area contributed by atoms with Crippen LogP contribution in [-0.2, 0) is 25.5 Å². The number of aromatic nitrogens is 1. The van der Waals surface area contributed by atoms with E-state index in [0.29, 0.717) is 36.0 Å². The van der Waals surface area contributed by atoms with Crippen molar-refractivity contribution < 1.29 is 23.9 Å². The number of carbonyl (C=O) groups is 3. The third kappa shape index (κ3) is 6.50. The van der Waals surface area contributed by atoms with E-state index in [0.717, 1.165) is 47.9 Å². The number of para-hydroxylation sites is 1. The Morgan fingerprint density at radius 2 is 2.00 bits per heavy atom. The average molecular weight is 621 g/mol. The quantitative estimate of drug-likeness (QED) is 0.230. The van der Waals surface area contributed by atoms with Crippen molar-refractivity contribution in [2.45, 2.75) is 69.9 Å². The largest absolute Gasteiger partial charge is 0.469 e. The lowest BCUT2D eigenvalue weighted by Gasteiger charge is -2.29. The number of hydrogen-bond acceptors (Lipinski definition) is 7. The standard InChI is InChI=1S/C34H37ClN2O5S/c1-41-32(40)34-19-24(34)12-6-4-2-3-5-11-23(16-22-10-9-13-25(35)17-22)31(39)37-21-26(18-28(37)29(38)20-34)42-33-36-27-14-7-8-15-30(27)43-33/h6-10,12-15,17,23-24,26,28H,2-5,11,16,18-21H2,1H3/b12-6-/t23-,24-,26-,28+,34-/m1/s1. The van der Waals surface area contributed by atoms with Gasteiger partial charge in [0.1, 0.15) is 6.10 Å². The summed E-state index contributed by atoms with van der Waals surface area (Å²) in [6.45, 7) is 0.297. The van der Waals surface area contributed by atoms with Crippen molar-refractivity contribution in [1.29, 1.82) is 0 Å². The highest BCUT2D eigenvalue weighted by molar-refractivity contribution is 7.20. The highest BCUT2D eigenvalue weighted by atomic mass is 35.5. The molecule has 0 radical (unpaired) electrons. The van der Waals surface area contributed by atoms with Gasteiger partial charge in [-0.3, -0.25) is 14.4 Å². The molecule has 5 atom stereocenters. The second kappa shape index (κ2) is 12.8.